The lowest BCUT2D eigenvalue weighted by Crippen LogP contribution is -2.16. The van der Waals surface area contributed by atoms with Gasteiger partial charge in [-0.05, 0) is 37.5 Å². The molecule has 0 aliphatic heterocycles. The molecular formula is C15H27N3. The Kier molecular flexibility index (Phi) is 4.41. The zero-order valence-corrected chi connectivity index (χ0v) is 12.2. The molecule has 0 radical (unpaired) electrons. The third kappa shape index (κ3) is 3.12. The van der Waals surface area contributed by atoms with Crippen molar-refractivity contribution in [3.05, 3.63) is 11.4 Å². The molecule has 1 aliphatic rings. The SMILES string of the molecule is CCC1(C)CCCCCCc2c(nnn2C)CC1. The summed E-state index contributed by atoms with van der Waals surface area (Å²) in [6.07, 6.45) is 11.6. The van der Waals surface area contributed by atoms with E-state index in [1.165, 1.54) is 56.3 Å². The highest BCUT2D eigenvalue weighted by Crippen LogP contribution is 2.34. The van der Waals surface area contributed by atoms with Crippen LogP contribution in [0.4, 0.5) is 0 Å². The molecule has 0 amide bonds. The summed E-state index contributed by atoms with van der Waals surface area (Å²) in [5.74, 6) is 0. The molecule has 0 bridgehead atoms. The molecular weight excluding hydrogens is 222 g/mol. The van der Waals surface area contributed by atoms with E-state index in [9.17, 15) is 0 Å². The molecule has 2 rings (SSSR count). The predicted octanol–water partition coefficient (Wildman–Crippen LogP) is 3.67. The van der Waals surface area contributed by atoms with Gasteiger partial charge in [0.05, 0.1) is 11.4 Å². The molecule has 1 aliphatic carbocycles. The second-order valence-electron chi connectivity index (χ2n) is 6.18. The van der Waals surface area contributed by atoms with Crippen LogP contribution in [0.2, 0.25) is 0 Å². The lowest BCUT2D eigenvalue weighted by atomic mass is 9.78. The third-order valence-electron chi connectivity index (χ3n) is 4.79. The van der Waals surface area contributed by atoms with Gasteiger partial charge in [0, 0.05) is 7.05 Å². The van der Waals surface area contributed by atoms with Crippen molar-refractivity contribution in [3.8, 4) is 0 Å². The number of hydrogen-bond acceptors (Lipinski definition) is 2. The van der Waals surface area contributed by atoms with Crippen LogP contribution in [0.15, 0.2) is 0 Å². The Morgan fingerprint density at radius 1 is 1.11 bits per heavy atom. The van der Waals surface area contributed by atoms with Crippen molar-refractivity contribution in [2.45, 2.75) is 71.6 Å². The van der Waals surface area contributed by atoms with E-state index < -0.39 is 0 Å². The minimum absolute atomic E-state index is 0.499. The second kappa shape index (κ2) is 5.85. The van der Waals surface area contributed by atoms with Crippen LogP contribution in [0.5, 0.6) is 0 Å². The van der Waals surface area contributed by atoms with Crippen molar-refractivity contribution in [2.24, 2.45) is 12.5 Å². The predicted molar refractivity (Wildman–Crippen MR) is 74.5 cm³/mol. The molecule has 3 nitrogen and oxygen atoms in total. The average Bonchev–Trinajstić information content (AvgIpc) is 2.70. The highest BCUT2D eigenvalue weighted by molar-refractivity contribution is 5.11. The average molecular weight is 249 g/mol. The second-order valence-corrected chi connectivity index (χ2v) is 6.18. The van der Waals surface area contributed by atoms with Crippen molar-refractivity contribution in [2.75, 3.05) is 0 Å². The fraction of sp³-hybridized carbons (Fsp3) is 0.867. The molecule has 1 atom stereocenters. The molecule has 0 saturated carbocycles. The largest absolute Gasteiger partial charge is 0.252 e. The number of rotatable bonds is 1. The number of hydrogen-bond donors (Lipinski definition) is 0. The quantitative estimate of drug-likeness (QED) is 0.760. The van der Waals surface area contributed by atoms with Crippen molar-refractivity contribution < 1.29 is 0 Å². The van der Waals surface area contributed by atoms with Crippen molar-refractivity contribution >= 4 is 0 Å². The molecule has 0 spiro atoms. The maximum Gasteiger partial charge on any atom is 0.0859 e. The van der Waals surface area contributed by atoms with Crippen LogP contribution < -0.4 is 0 Å². The van der Waals surface area contributed by atoms with Gasteiger partial charge in [-0.15, -0.1) is 5.10 Å². The van der Waals surface area contributed by atoms with Crippen LogP contribution >= 0.6 is 0 Å². The highest BCUT2D eigenvalue weighted by atomic mass is 15.4. The first kappa shape index (κ1) is 13.6. The molecule has 3 heteroatoms. The third-order valence-corrected chi connectivity index (χ3v) is 4.79. The summed E-state index contributed by atoms with van der Waals surface area (Å²) in [4.78, 5) is 0. The Morgan fingerprint density at radius 2 is 1.89 bits per heavy atom. The van der Waals surface area contributed by atoms with Gasteiger partial charge in [0.15, 0.2) is 0 Å². The molecule has 0 saturated heterocycles. The van der Waals surface area contributed by atoms with E-state index in [1.54, 1.807) is 0 Å². The van der Waals surface area contributed by atoms with E-state index in [0.717, 1.165) is 12.8 Å². The summed E-state index contributed by atoms with van der Waals surface area (Å²) in [6, 6.07) is 0. The van der Waals surface area contributed by atoms with Gasteiger partial charge in [-0.3, -0.25) is 4.68 Å². The van der Waals surface area contributed by atoms with Gasteiger partial charge < -0.3 is 0 Å². The first-order valence-electron chi connectivity index (χ1n) is 7.52. The van der Waals surface area contributed by atoms with Crippen LogP contribution in [0.3, 0.4) is 0 Å². The number of fused-ring (bicyclic) bond motifs is 1. The van der Waals surface area contributed by atoms with Crippen LogP contribution in [0.25, 0.3) is 0 Å². The van der Waals surface area contributed by atoms with Crippen molar-refractivity contribution in [1.82, 2.24) is 15.0 Å². The van der Waals surface area contributed by atoms with Crippen LogP contribution in [-0.2, 0) is 19.9 Å². The van der Waals surface area contributed by atoms with Crippen molar-refractivity contribution in [1.29, 1.82) is 0 Å². The molecule has 1 heterocycles. The van der Waals surface area contributed by atoms with Crippen LogP contribution in [-0.4, -0.2) is 15.0 Å². The zero-order chi connectivity index (χ0) is 13.0. The van der Waals surface area contributed by atoms with Crippen molar-refractivity contribution in [3.63, 3.8) is 0 Å². The van der Waals surface area contributed by atoms with Gasteiger partial charge in [0.1, 0.15) is 0 Å². The summed E-state index contributed by atoms with van der Waals surface area (Å²) in [7, 11) is 2.03. The molecule has 18 heavy (non-hydrogen) atoms. The lowest BCUT2D eigenvalue weighted by Gasteiger charge is -2.28. The van der Waals surface area contributed by atoms with Gasteiger partial charge in [0.25, 0.3) is 0 Å². The molecule has 0 fully saturated rings. The van der Waals surface area contributed by atoms with E-state index in [2.05, 4.69) is 24.2 Å². The summed E-state index contributed by atoms with van der Waals surface area (Å²) in [5, 5.41) is 8.58. The van der Waals surface area contributed by atoms with Gasteiger partial charge in [-0.1, -0.05) is 44.7 Å². The Labute approximate surface area is 111 Å². The van der Waals surface area contributed by atoms with Gasteiger partial charge in [-0.2, -0.15) is 0 Å². The van der Waals surface area contributed by atoms with Crippen LogP contribution in [0.1, 0.15) is 70.2 Å². The minimum atomic E-state index is 0.499. The Balaban J connectivity index is 2.15. The Morgan fingerprint density at radius 3 is 2.67 bits per heavy atom. The summed E-state index contributed by atoms with van der Waals surface area (Å²) < 4.78 is 1.98. The lowest BCUT2D eigenvalue weighted by molar-refractivity contribution is 0.250. The summed E-state index contributed by atoms with van der Waals surface area (Å²) in [5.41, 5.74) is 3.12. The van der Waals surface area contributed by atoms with E-state index >= 15 is 0 Å². The van der Waals surface area contributed by atoms with Gasteiger partial charge >= 0.3 is 0 Å². The van der Waals surface area contributed by atoms with E-state index in [-0.39, 0.29) is 0 Å². The number of aryl methyl sites for hydroxylation is 2. The van der Waals surface area contributed by atoms with Crippen LogP contribution in [0, 0.1) is 5.41 Å². The van der Waals surface area contributed by atoms with Gasteiger partial charge in [-0.25, -0.2) is 0 Å². The number of aromatic nitrogens is 3. The molecule has 1 aromatic rings. The molecule has 0 N–H and O–H groups in total. The monoisotopic (exact) mass is 249 g/mol. The standard InChI is InChI=1S/C15H27N3/c1-4-15(2)11-8-6-5-7-9-14-13(10-12-15)16-17-18(14)3/h4-12H2,1-3H3. The van der Waals surface area contributed by atoms with E-state index in [4.69, 9.17) is 0 Å². The fourth-order valence-corrected chi connectivity index (χ4v) is 3.02. The Hall–Kier alpha value is -0.860. The summed E-state index contributed by atoms with van der Waals surface area (Å²) in [6.45, 7) is 4.78. The highest BCUT2D eigenvalue weighted by Gasteiger charge is 2.23. The van der Waals surface area contributed by atoms with Gasteiger partial charge in [0.2, 0.25) is 0 Å². The summed E-state index contributed by atoms with van der Waals surface area (Å²) >= 11 is 0. The fourth-order valence-electron chi connectivity index (χ4n) is 3.02. The molecule has 1 aromatic heterocycles. The minimum Gasteiger partial charge on any atom is -0.252 e. The first-order chi connectivity index (χ1) is 8.64. The molecule has 0 aromatic carbocycles. The maximum absolute atomic E-state index is 4.37. The van der Waals surface area contributed by atoms with E-state index in [0.29, 0.717) is 5.41 Å². The zero-order valence-electron chi connectivity index (χ0n) is 12.2. The molecule has 102 valence electrons. The topological polar surface area (TPSA) is 30.7 Å². The van der Waals surface area contributed by atoms with E-state index in [1.807, 2.05) is 11.7 Å². The molecule has 1 unspecified atom stereocenters. The number of nitrogens with zero attached hydrogens (tertiary/aromatic N) is 3. The normalized spacial score (nSPS) is 26.4. The maximum atomic E-state index is 4.37. The smallest absolute Gasteiger partial charge is 0.0859 e. The Bertz CT molecular complexity index is 383. The first-order valence-corrected chi connectivity index (χ1v) is 7.52.